The lowest BCUT2D eigenvalue weighted by molar-refractivity contribution is -0.153. The van der Waals surface area contributed by atoms with Gasteiger partial charge >= 0.3 is 5.97 Å². The summed E-state index contributed by atoms with van der Waals surface area (Å²) in [4.78, 5) is 12.5. The normalized spacial score (nSPS) is 18.0. The highest BCUT2D eigenvalue weighted by molar-refractivity contribution is 5.81. The van der Waals surface area contributed by atoms with Crippen molar-refractivity contribution in [2.75, 3.05) is 13.2 Å². The van der Waals surface area contributed by atoms with Gasteiger partial charge in [-0.1, -0.05) is 6.92 Å². The zero-order valence-electron chi connectivity index (χ0n) is 11.8. The highest BCUT2D eigenvalue weighted by atomic mass is 16.5. The van der Waals surface area contributed by atoms with Crippen LogP contribution in [0.25, 0.3) is 0 Å². The van der Waals surface area contributed by atoms with Gasteiger partial charge in [0.25, 0.3) is 0 Å². The van der Waals surface area contributed by atoms with Crippen LogP contribution in [-0.2, 0) is 16.1 Å². The van der Waals surface area contributed by atoms with E-state index in [1.165, 1.54) is 0 Å². The summed E-state index contributed by atoms with van der Waals surface area (Å²) < 4.78 is 7.13. The van der Waals surface area contributed by atoms with Gasteiger partial charge in [0, 0.05) is 12.4 Å². The summed E-state index contributed by atoms with van der Waals surface area (Å²) >= 11 is 0. The number of rotatable bonds is 8. The Kier molecular flexibility index (Phi) is 4.58. The quantitative estimate of drug-likeness (QED) is 0.725. The van der Waals surface area contributed by atoms with E-state index in [2.05, 4.69) is 17.3 Å². The molecule has 1 aliphatic rings. The predicted octanol–water partition coefficient (Wildman–Crippen LogP) is 1.59. The second-order valence-corrected chi connectivity index (χ2v) is 5.10. The topological polar surface area (TPSA) is 56.2 Å². The third kappa shape index (κ3) is 3.15. The molecule has 5 heteroatoms. The highest BCUT2D eigenvalue weighted by Crippen LogP contribution is 2.41. The number of hydrogen-bond donors (Lipinski definition) is 1. The lowest BCUT2D eigenvalue weighted by Crippen LogP contribution is -2.58. The number of hydrogen-bond acceptors (Lipinski definition) is 4. The van der Waals surface area contributed by atoms with Gasteiger partial charge in [-0.25, -0.2) is 4.79 Å². The molecule has 1 aromatic rings. The zero-order valence-corrected chi connectivity index (χ0v) is 11.8. The molecule has 0 spiro atoms. The molecule has 0 saturated heterocycles. The first-order chi connectivity index (χ1) is 9.23. The van der Waals surface area contributed by atoms with Crippen LogP contribution in [0.15, 0.2) is 18.5 Å². The lowest BCUT2D eigenvalue weighted by atomic mass is 9.92. The molecular weight excluding hydrogens is 242 g/mol. The van der Waals surface area contributed by atoms with Crippen molar-refractivity contribution in [1.82, 2.24) is 15.1 Å². The number of aromatic nitrogens is 2. The van der Waals surface area contributed by atoms with Gasteiger partial charge in [0.2, 0.25) is 0 Å². The first-order valence-electron chi connectivity index (χ1n) is 7.12. The van der Waals surface area contributed by atoms with Gasteiger partial charge in [-0.3, -0.25) is 4.68 Å². The molecule has 5 nitrogen and oxygen atoms in total. The van der Waals surface area contributed by atoms with Crippen molar-refractivity contribution >= 4 is 5.97 Å². The summed E-state index contributed by atoms with van der Waals surface area (Å²) in [7, 11) is 0. The Morgan fingerprint density at radius 3 is 2.84 bits per heavy atom. The largest absolute Gasteiger partial charge is 0.465 e. The van der Waals surface area contributed by atoms with Crippen molar-refractivity contribution in [2.24, 2.45) is 5.92 Å². The van der Waals surface area contributed by atoms with E-state index >= 15 is 0 Å². The van der Waals surface area contributed by atoms with Crippen molar-refractivity contribution in [1.29, 1.82) is 0 Å². The van der Waals surface area contributed by atoms with E-state index in [1.807, 2.05) is 23.9 Å². The Labute approximate surface area is 114 Å². The number of nitrogens with zero attached hydrogens (tertiary/aromatic N) is 2. The molecule has 0 amide bonds. The van der Waals surface area contributed by atoms with E-state index < -0.39 is 5.54 Å². The molecule has 0 bridgehead atoms. The van der Waals surface area contributed by atoms with Crippen molar-refractivity contribution < 1.29 is 9.53 Å². The molecule has 106 valence electrons. The average molecular weight is 265 g/mol. The average Bonchev–Trinajstić information content (AvgIpc) is 3.14. The third-order valence-corrected chi connectivity index (χ3v) is 3.57. The van der Waals surface area contributed by atoms with E-state index in [0.717, 1.165) is 25.8 Å². The summed E-state index contributed by atoms with van der Waals surface area (Å²) in [5, 5.41) is 7.66. The fraction of sp³-hybridized carbons (Fsp3) is 0.714. The monoisotopic (exact) mass is 265 g/mol. The Morgan fingerprint density at radius 2 is 2.32 bits per heavy atom. The fourth-order valence-electron chi connectivity index (χ4n) is 2.47. The minimum atomic E-state index is -0.613. The van der Waals surface area contributed by atoms with E-state index in [0.29, 0.717) is 19.1 Å². The maximum absolute atomic E-state index is 12.5. The van der Waals surface area contributed by atoms with Gasteiger partial charge in [-0.15, -0.1) is 0 Å². The molecular formula is C14H23N3O2. The fourth-order valence-corrected chi connectivity index (χ4v) is 2.47. The van der Waals surface area contributed by atoms with E-state index in [9.17, 15) is 4.79 Å². The van der Waals surface area contributed by atoms with Gasteiger partial charge in [-0.2, -0.15) is 5.10 Å². The standard InChI is InChI=1S/C14H23N3O2/c1-3-8-15-14(12-6-7-12,13(18)19-4-2)11-17-10-5-9-16-17/h5,9-10,12,15H,3-4,6-8,11H2,1-2H3. The number of carbonyl (C=O) groups excluding carboxylic acids is 1. The van der Waals surface area contributed by atoms with Crippen LogP contribution >= 0.6 is 0 Å². The summed E-state index contributed by atoms with van der Waals surface area (Å²) in [6, 6.07) is 1.88. The molecule has 1 unspecified atom stereocenters. The molecule has 1 fully saturated rings. The van der Waals surface area contributed by atoms with Crippen LogP contribution < -0.4 is 5.32 Å². The first kappa shape index (κ1) is 14.1. The first-order valence-corrected chi connectivity index (χ1v) is 7.12. The molecule has 19 heavy (non-hydrogen) atoms. The predicted molar refractivity (Wildman–Crippen MR) is 72.6 cm³/mol. The lowest BCUT2D eigenvalue weighted by Gasteiger charge is -2.32. The van der Waals surface area contributed by atoms with Crippen LogP contribution in [0.3, 0.4) is 0 Å². The zero-order chi connectivity index (χ0) is 13.7. The van der Waals surface area contributed by atoms with Gasteiger partial charge in [0.05, 0.1) is 13.2 Å². The molecule has 0 aromatic carbocycles. The van der Waals surface area contributed by atoms with Crippen molar-refractivity contribution in [3.8, 4) is 0 Å². The van der Waals surface area contributed by atoms with E-state index in [-0.39, 0.29) is 5.97 Å². The van der Waals surface area contributed by atoms with Gasteiger partial charge < -0.3 is 10.1 Å². The molecule has 1 N–H and O–H groups in total. The molecule has 0 radical (unpaired) electrons. The van der Waals surface area contributed by atoms with Crippen LogP contribution in [0.1, 0.15) is 33.1 Å². The van der Waals surface area contributed by atoms with E-state index in [4.69, 9.17) is 4.74 Å². The maximum Gasteiger partial charge on any atom is 0.328 e. The smallest absolute Gasteiger partial charge is 0.328 e. The third-order valence-electron chi connectivity index (χ3n) is 3.57. The molecule has 1 atom stereocenters. The second-order valence-electron chi connectivity index (χ2n) is 5.10. The van der Waals surface area contributed by atoms with Crippen LogP contribution in [0.2, 0.25) is 0 Å². The SMILES string of the molecule is CCCNC(Cn1cccn1)(C(=O)OCC)C1CC1. The number of carbonyl (C=O) groups is 1. The number of esters is 1. The molecule has 2 rings (SSSR count). The summed E-state index contributed by atoms with van der Waals surface area (Å²) in [6.45, 7) is 5.73. The number of nitrogens with one attached hydrogen (secondary N) is 1. The Hall–Kier alpha value is -1.36. The minimum Gasteiger partial charge on any atom is -0.465 e. The molecule has 1 saturated carbocycles. The van der Waals surface area contributed by atoms with Crippen LogP contribution in [0.5, 0.6) is 0 Å². The van der Waals surface area contributed by atoms with Crippen molar-refractivity contribution in [3.63, 3.8) is 0 Å². The van der Waals surface area contributed by atoms with E-state index in [1.54, 1.807) is 6.20 Å². The highest BCUT2D eigenvalue weighted by Gasteiger charge is 2.52. The summed E-state index contributed by atoms with van der Waals surface area (Å²) in [6.07, 6.45) is 6.78. The summed E-state index contributed by atoms with van der Waals surface area (Å²) in [5.41, 5.74) is -0.613. The maximum atomic E-state index is 12.5. The van der Waals surface area contributed by atoms with Crippen molar-refractivity contribution in [3.05, 3.63) is 18.5 Å². The van der Waals surface area contributed by atoms with Crippen LogP contribution in [0, 0.1) is 5.92 Å². The molecule has 1 aromatic heterocycles. The molecule has 1 heterocycles. The Balaban J connectivity index is 2.19. The van der Waals surface area contributed by atoms with Crippen molar-refractivity contribution in [2.45, 2.75) is 45.2 Å². The van der Waals surface area contributed by atoms with Gasteiger partial charge in [-0.05, 0) is 44.7 Å². The molecule has 0 aliphatic heterocycles. The summed E-state index contributed by atoms with van der Waals surface area (Å²) in [5.74, 6) is 0.226. The van der Waals surface area contributed by atoms with Gasteiger partial charge in [0.1, 0.15) is 5.54 Å². The minimum absolute atomic E-state index is 0.138. The molecule has 1 aliphatic carbocycles. The Morgan fingerprint density at radius 1 is 1.53 bits per heavy atom. The Bertz CT molecular complexity index is 401. The second kappa shape index (κ2) is 6.19. The van der Waals surface area contributed by atoms with Gasteiger partial charge in [0.15, 0.2) is 0 Å². The number of ether oxygens (including phenoxy) is 1. The van der Waals surface area contributed by atoms with Crippen LogP contribution in [-0.4, -0.2) is 34.4 Å². The van der Waals surface area contributed by atoms with Crippen LogP contribution in [0.4, 0.5) is 0 Å².